The van der Waals surface area contributed by atoms with Gasteiger partial charge in [0.15, 0.2) is 0 Å². The molecular weight excluding hydrogens is 388 g/mol. The third kappa shape index (κ3) is 3.06. The fourth-order valence-corrected chi connectivity index (χ4v) is 4.77. The lowest BCUT2D eigenvalue weighted by atomic mass is 9.85. The monoisotopic (exact) mass is 416 g/mol. The molecule has 0 spiro atoms. The number of rotatable bonds is 2. The molecule has 2 nitrogen and oxygen atoms in total. The molecule has 1 aliphatic heterocycles. The Morgan fingerprint density at radius 2 is 1.50 bits per heavy atom. The lowest BCUT2D eigenvalue weighted by Crippen LogP contribution is -2.17. The Morgan fingerprint density at radius 3 is 2.25 bits per heavy atom. The van der Waals surface area contributed by atoms with E-state index in [0.29, 0.717) is 5.56 Å². The molecule has 0 atom stereocenters. The first-order valence-electron chi connectivity index (χ1n) is 12.1. The van der Waals surface area contributed by atoms with Gasteiger partial charge in [0.1, 0.15) is 0 Å². The molecule has 156 valence electrons. The minimum atomic E-state index is -1.51. The molecule has 2 heteroatoms. The molecule has 0 bridgehead atoms. The molecule has 0 amide bonds. The average Bonchev–Trinajstić information content (AvgIpc) is 2.83. The third-order valence-electron chi connectivity index (χ3n) is 5.98. The Hall–Kier alpha value is -3.65. The van der Waals surface area contributed by atoms with Crippen molar-refractivity contribution in [2.45, 2.75) is 27.1 Å². The minimum Gasteiger partial charge on any atom is -0.309 e. The van der Waals surface area contributed by atoms with Gasteiger partial charge in [0.25, 0.3) is 0 Å². The van der Waals surface area contributed by atoms with Crippen LogP contribution < -0.4 is 4.90 Å². The number of benzene rings is 4. The molecule has 0 fully saturated rings. The van der Waals surface area contributed by atoms with Gasteiger partial charge in [-0.2, -0.15) is 0 Å². The average molecular weight is 417 g/mol. The highest BCUT2D eigenvalue weighted by molar-refractivity contribution is 6.14. The van der Waals surface area contributed by atoms with Crippen LogP contribution in [-0.2, 0) is 6.37 Å². The number of pyridine rings is 1. The highest BCUT2D eigenvalue weighted by Crippen LogP contribution is 2.51. The maximum Gasteiger partial charge on any atom is 0.0822 e. The molecule has 4 aromatic carbocycles. The number of hydrogen-bond acceptors (Lipinski definition) is 2. The summed E-state index contributed by atoms with van der Waals surface area (Å²) in [7, 11) is 0. The summed E-state index contributed by atoms with van der Waals surface area (Å²) < 4.78 is 18.0. The Bertz CT molecular complexity index is 1570. The van der Waals surface area contributed by atoms with Gasteiger partial charge in [0.2, 0.25) is 0 Å². The predicted octanol–water partition coefficient (Wildman–Crippen LogP) is 8.43. The van der Waals surface area contributed by atoms with Crippen LogP contribution in [0.5, 0.6) is 0 Å². The summed E-state index contributed by atoms with van der Waals surface area (Å²) in [5, 5.41) is 4.41. The maximum atomic E-state index is 8.99. The van der Waals surface area contributed by atoms with Crippen LogP contribution in [-0.4, -0.2) is 4.98 Å². The van der Waals surface area contributed by atoms with Gasteiger partial charge in [-0.15, -0.1) is 0 Å². The maximum absolute atomic E-state index is 8.99. The molecule has 1 aromatic heterocycles. The van der Waals surface area contributed by atoms with Crippen molar-refractivity contribution in [3.05, 3.63) is 96.7 Å². The smallest absolute Gasteiger partial charge is 0.0822 e. The summed E-state index contributed by atoms with van der Waals surface area (Å²) in [6.45, 7) is 5.87. The van der Waals surface area contributed by atoms with Gasteiger partial charge >= 0.3 is 0 Å². The van der Waals surface area contributed by atoms with Crippen molar-refractivity contribution in [3.63, 3.8) is 0 Å². The lowest BCUT2D eigenvalue weighted by molar-refractivity contribution is 0.411. The molecule has 1 aliphatic rings. The first-order chi connectivity index (χ1) is 16.3. The highest BCUT2D eigenvalue weighted by Gasteiger charge is 2.28. The fourth-order valence-electron chi connectivity index (χ4n) is 4.77. The molecule has 0 unspecified atom stereocenters. The molecule has 6 rings (SSSR count). The van der Waals surface area contributed by atoms with E-state index in [9.17, 15) is 0 Å². The Labute approximate surface area is 192 Å². The van der Waals surface area contributed by atoms with Crippen molar-refractivity contribution in [2.24, 2.45) is 5.41 Å². The third-order valence-corrected chi connectivity index (χ3v) is 5.98. The van der Waals surface area contributed by atoms with Gasteiger partial charge in [0, 0.05) is 25.6 Å². The number of anilines is 3. The standard InChI is InChI=1S/C30H26N2/c1-30(2,3)19-20-15-23-13-14-31-29-25-17-21-9-7-8-10-22(21)18-26(25)32(27(16-20)28(23)29)24-11-5-4-6-12-24/h4-18H,19H2,1-3H3/i19D2. The fraction of sp³-hybridized carbons (Fsp3) is 0.167. The van der Waals surface area contributed by atoms with E-state index in [1.165, 1.54) is 10.8 Å². The second-order valence-corrected chi connectivity index (χ2v) is 9.52. The second-order valence-electron chi connectivity index (χ2n) is 9.52. The lowest BCUT2D eigenvalue weighted by Gasteiger charge is -2.34. The molecule has 32 heavy (non-hydrogen) atoms. The van der Waals surface area contributed by atoms with Crippen LogP contribution in [0.1, 0.15) is 29.1 Å². The quantitative estimate of drug-likeness (QED) is 0.281. The highest BCUT2D eigenvalue weighted by atomic mass is 15.2. The van der Waals surface area contributed by atoms with Crippen molar-refractivity contribution in [1.82, 2.24) is 4.98 Å². The Kier molecular flexibility index (Phi) is 3.67. The van der Waals surface area contributed by atoms with E-state index in [2.05, 4.69) is 53.4 Å². The van der Waals surface area contributed by atoms with Gasteiger partial charge in [0.05, 0.1) is 17.1 Å². The summed E-state index contributed by atoms with van der Waals surface area (Å²) in [6.07, 6.45) is 0.335. The van der Waals surface area contributed by atoms with Crippen LogP contribution in [0.2, 0.25) is 0 Å². The zero-order chi connectivity index (χ0) is 23.7. The molecule has 0 saturated carbocycles. The van der Waals surface area contributed by atoms with Crippen LogP contribution in [0.15, 0.2) is 91.1 Å². The molecule has 0 radical (unpaired) electrons. The number of para-hydroxylation sites is 1. The molecule has 0 aliphatic carbocycles. The van der Waals surface area contributed by atoms with E-state index in [0.717, 1.165) is 39.1 Å². The van der Waals surface area contributed by atoms with Crippen molar-refractivity contribution < 1.29 is 2.74 Å². The van der Waals surface area contributed by atoms with Gasteiger partial charge < -0.3 is 4.90 Å². The predicted molar refractivity (Wildman–Crippen MR) is 136 cm³/mol. The number of nitrogens with zero attached hydrogens (tertiary/aromatic N) is 2. The molecule has 0 N–H and O–H groups in total. The number of hydrogen-bond donors (Lipinski definition) is 0. The largest absolute Gasteiger partial charge is 0.309 e. The van der Waals surface area contributed by atoms with Crippen LogP contribution in [0.3, 0.4) is 0 Å². The Balaban J connectivity index is 1.75. The van der Waals surface area contributed by atoms with E-state index in [1.807, 2.05) is 63.4 Å². The molecule has 2 heterocycles. The Morgan fingerprint density at radius 1 is 0.781 bits per heavy atom. The summed E-state index contributed by atoms with van der Waals surface area (Å²) in [5.74, 6) is 0. The zero-order valence-corrected chi connectivity index (χ0v) is 18.6. The first-order valence-corrected chi connectivity index (χ1v) is 11.1. The van der Waals surface area contributed by atoms with Crippen LogP contribution in [0.25, 0.3) is 32.8 Å². The molecular formula is C30H26N2. The summed E-state index contributed by atoms with van der Waals surface area (Å²) in [4.78, 5) is 7.10. The van der Waals surface area contributed by atoms with E-state index < -0.39 is 11.8 Å². The van der Waals surface area contributed by atoms with Gasteiger partial charge in [-0.25, -0.2) is 0 Å². The van der Waals surface area contributed by atoms with E-state index in [1.54, 1.807) is 0 Å². The van der Waals surface area contributed by atoms with Crippen molar-refractivity contribution in [3.8, 4) is 11.3 Å². The van der Waals surface area contributed by atoms with E-state index in [-0.39, 0.29) is 0 Å². The number of aromatic nitrogens is 1. The van der Waals surface area contributed by atoms with Crippen LogP contribution >= 0.6 is 0 Å². The van der Waals surface area contributed by atoms with Crippen molar-refractivity contribution in [2.75, 3.05) is 4.90 Å². The van der Waals surface area contributed by atoms with Gasteiger partial charge in [-0.05, 0) is 69.9 Å². The topological polar surface area (TPSA) is 16.1 Å². The molecule has 0 saturated heterocycles. The van der Waals surface area contributed by atoms with Gasteiger partial charge in [-0.3, -0.25) is 4.98 Å². The van der Waals surface area contributed by atoms with Crippen molar-refractivity contribution in [1.29, 1.82) is 0 Å². The van der Waals surface area contributed by atoms with E-state index in [4.69, 9.17) is 7.73 Å². The van der Waals surface area contributed by atoms with Gasteiger partial charge in [-0.1, -0.05) is 69.3 Å². The minimum absolute atomic E-state index is 0.552. The zero-order valence-electron chi connectivity index (χ0n) is 20.6. The second kappa shape index (κ2) is 6.93. The van der Waals surface area contributed by atoms with Crippen LogP contribution in [0.4, 0.5) is 17.1 Å². The first kappa shape index (κ1) is 17.0. The normalized spacial score (nSPS) is 14.3. The summed E-state index contributed by atoms with van der Waals surface area (Å²) >= 11 is 0. The summed E-state index contributed by atoms with van der Waals surface area (Å²) in [5.41, 5.74) is 5.25. The summed E-state index contributed by atoms with van der Waals surface area (Å²) in [6, 6.07) is 29.2. The van der Waals surface area contributed by atoms with Crippen LogP contribution in [0, 0.1) is 5.41 Å². The molecule has 5 aromatic rings. The van der Waals surface area contributed by atoms with Crippen molar-refractivity contribution >= 4 is 38.6 Å². The number of fused-ring (bicyclic) bond motifs is 3. The van der Waals surface area contributed by atoms with E-state index >= 15 is 0 Å². The SMILES string of the molecule is [2H]C([2H])(c1cc2c3c(nccc3c1)-c1cc3ccccc3cc1N2c1ccccc1)C(C)(C)C.